The van der Waals surface area contributed by atoms with Gasteiger partial charge in [-0.2, -0.15) is 5.26 Å². The molecule has 0 spiro atoms. The predicted octanol–water partition coefficient (Wildman–Crippen LogP) is 3.89. The molecule has 0 radical (unpaired) electrons. The van der Waals surface area contributed by atoms with Crippen molar-refractivity contribution in [2.75, 3.05) is 18.0 Å². The van der Waals surface area contributed by atoms with Crippen LogP contribution in [0.25, 0.3) is 6.08 Å². The first-order valence-corrected chi connectivity index (χ1v) is 8.85. The molecule has 0 saturated carbocycles. The number of benzene rings is 2. The van der Waals surface area contributed by atoms with Crippen LogP contribution in [-0.4, -0.2) is 28.7 Å². The van der Waals surface area contributed by atoms with E-state index in [2.05, 4.69) is 0 Å². The molecule has 3 rings (SSSR count). The molecule has 1 fully saturated rings. The minimum absolute atomic E-state index is 0.00446. The van der Waals surface area contributed by atoms with Crippen LogP contribution >= 0.6 is 0 Å². The van der Waals surface area contributed by atoms with E-state index in [0.717, 1.165) is 32.0 Å². The van der Waals surface area contributed by atoms with E-state index in [1.165, 1.54) is 30.3 Å². The third-order valence-electron chi connectivity index (χ3n) is 4.64. The summed E-state index contributed by atoms with van der Waals surface area (Å²) in [5.74, 6) is -0.692. The number of hydrogen-bond donors (Lipinski definition) is 0. The number of nitriles is 1. The second kappa shape index (κ2) is 8.31. The fourth-order valence-electron chi connectivity index (χ4n) is 3.23. The van der Waals surface area contributed by atoms with Crippen molar-refractivity contribution in [3.05, 3.63) is 79.4 Å². The molecule has 0 N–H and O–H groups in total. The molecule has 2 aromatic carbocycles. The molecule has 1 aliphatic rings. The van der Waals surface area contributed by atoms with E-state index in [1.54, 1.807) is 18.2 Å². The molecule has 1 saturated heterocycles. The van der Waals surface area contributed by atoms with Crippen LogP contribution in [-0.2, 0) is 0 Å². The molecule has 2 aromatic rings. The van der Waals surface area contributed by atoms with Crippen molar-refractivity contribution in [3.63, 3.8) is 0 Å². The standard InChI is InChI=1S/C20H16N4O5/c21-13-16(20(25)15-4-3-5-17(12-15)23(26)27)10-14-6-7-18(19(11-14)24(28)29)22-8-1-2-9-22/h3-7,10-12H,1-2,8-9H2/b16-10-. The molecule has 0 bridgehead atoms. The summed E-state index contributed by atoms with van der Waals surface area (Å²) in [5.41, 5.74) is 0.200. The van der Waals surface area contributed by atoms with Gasteiger partial charge in [-0.25, -0.2) is 0 Å². The highest BCUT2D eigenvalue weighted by molar-refractivity contribution is 6.14. The first-order chi connectivity index (χ1) is 13.9. The van der Waals surface area contributed by atoms with Crippen LogP contribution in [0.2, 0.25) is 0 Å². The molecule has 1 aliphatic heterocycles. The number of carbonyl (C=O) groups is 1. The lowest BCUT2D eigenvalue weighted by atomic mass is 10.0. The lowest BCUT2D eigenvalue weighted by Gasteiger charge is -2.17. The number of anilines is 1. The number of nitro benzene ring substituents is 2. The zero-order valence-corrected chi connectivity index (χ0v) is 15.3. The summed E-state index contributed by atoms with van der Waals surface area (Å²) in [6.45, 7) is 1.48. The highest BCUT2D eigenvalue weighted by Gasteiger charge is 2.23. The van der Waals surface area contributed by atoms with E-state index in [1.807, 2.05) is 4.90 Å². The monoisotopic (exact) mass is 392 g/mol. The summed E-state index contributed by atoms with van der Waals surface area (Å²) in [6, 6.07) is 11.4. The first kappa shape index (κ1) is 19.7. The minimum Gasteiger partial charge on any atom is -0.366 e. The number of allylic oxidation sites excluding steroid dienone is 1. The van der Waals surface area contributed by atoms with Crippen molar-refractivity contribution in [1.82, 2.24) is 0 Å². The van der Waals surface area contributed by atoms with Crippen LogP contribution in [0.3, 0.4) is 0 Å². The average Bonchev–Trinajstić information content (AvgIpc) is 3.26. The molecule has 9 heteroatoms. The minimum atomic E-state index is -0.692. The van der Waals surface area contributed by atoms with Crippen LogP contribution in [0.1, 0.15) is 28.8 Å². The van der Waals surface area contributed by atoms with Gasteiger partial charge in [0.05, 0.1) is 9.85 Å². The van der Waals surface area contributed by atoms with Crippen LogP contribution in [0.5, 0.6) is 0 Å². The summed E-state index contributed by atoms with van der Waals surface area (Å²) >= 11 is 0. The van der Waals surface area contributed by atoms with Gasteiger partial charge in [-0.05, 0) is 30.5 Å². The van der Waals surface area contributed by atoms with Crippen LogP contribution in [0.15, 0.2) is 48.0 Å². The van der Waals surface area contributed by atoms with Crippen LogP contribution in [0.4, 0.5) is 17.1 Å². The van der Waals surface area contributed by atoms with E-state index < -0.39 is 15.6 Å². The topological polar surface area (TPSA) is 130 Å². The Morgan fingerprint density at radius 3 is 2.41 bits per heavy atom. The fourth-order valence-corrected chi connectivity index (χ4v) is 3.23. The van der Waals surface area contributed by atoms with E-state index in [-0.39, 0.29) is 22.5 Å². The quantitative estimate of drug-likeness (QED) is 0.239. The SMILES string of the molecule is N#C/C(=C/c1ccc(N2CCCC2)c([N+](=O)[O-])c1)C(=O)c1cccc([N+](=O)[O-])c1. The normalized spacial score (nSPS) is 13.8. The van der Waals surface area contributed by atoms with Gasteiger partial charge >= 0.3 is 0 Å². The van der Waals surface area contributed by atoms with Crippen LogP contribution in [0, 0.1) is 31.6 Å². The average molecular weight is 392 g/mol. The Hall–Kier alpha value is -4.06. The summed E-state index contributed by atoms with van der Waals surface area (Å²) in [6.07, 6.45) is 3.19. The number of non-ortho nitro benzene ring substituents is 1. The fraction of sp³-hybridized carbons (Fsp3) is 0.200. The predicted molar refractivity (Wildman–Crippen MR) is 106 cm³/mol. The van der Waals surface area contributed by atoms with E-state index >= 15 is 0 Å². The number of nitro groups is 2. The Kier molecular flexibility index (Phi) is 5.64. The van der Waals surface area contributed by atoms with Gasteiger partial charge in [0.1, 0.15) is 17.3 Å². The summed E-state index contributed by atoms with van der Waals surface area (Å²) < 4.78 is 0. The van der Waals surface area contributed by atoms with Gasteiger partial charge in [-0.1, -0.05) is 18.2 Å². The van der Waals surface area contributed by atoms with Crippen molar-refractivity contribution in [2.45, 2.75) is 12.8 Å². The second-order valence-corrected chi connectivity index (χ2v) is 6.51. The summed E-state index contributed by atoms with van der Waals surface area (Å²) in [5, 5.41) is 31.8. The third kappa shape index (κ3) is 4.27. The lowest BCUT2D eigenvalue weighted by Crippen LogP contribution is -2.18. The Morgan fingerprint density at radius 1 is 1.07 bits per heavy atom. The van der Waals surface area contributed by atoms with Gasteiger partial charge in [0.15, 0.2) is 0 Å². The van der Waals surface area contributed by atoms with E-state index in [4.69, 9.17) is 0 Å². The van der Waals surface area contributed by atoms with Gasteiger partial charge in [-0.15, -0.1) is 0 Å². The summed E-state index contributed by atoms with van der Waals surface area (Å²) in [4.78, 5) is 35.8. The molecular weight excluding hydrogens is 376 g/mol. The molecule has 9 nitrogen and oxygen atoms in total. The Morgan fingerprint density at radius 2 is 1.79 bits per heavy atom. The third-order valence-corrected chi connectivity index (χ3v) is 4.64. The van der Waals surface area contributed by atoms with Gasteiger partial charge in [0.25, 0.3) is 11.4 Å². The smallest absolute Gasteiger partial charge is 0.293 e. The molecule has 0 atom stereocenters. The van der Waals surface area contributed by atoms with Crippen molar-refractivity contribution < 1.29 is 14.6 Å². The van der Waals surface area contributed by atoms with Gasteiger partial charge < -0.3 is 4.90 Å². The Labute approximate surface area is 165 Å². The Bertz CT molecular complexity index is 1060. The van der Waals surface area contributed by atoms with E-state index in [0.29, 0.717) is 11.3 Å². The molecule has 29 heavy (non-hydrogen) atoms. The number of carbonyl (C=O) groups excluding carboxylic acids is 1. The van der Waals surface area contributed by atoms with Gasteiger partial charge in [-0.3, -0.25) is 25.0 Å². The summed E-state index contributed by atoms with van der Waals surface area (Å²) in [7, 11) is 0. The highest BCUT2D eigenvalue weighted by atomic mass is 16.6. The molecule has 0 aromatic heterocycles. The molecular formula is C20H16N4O5. The number of Topliss-reactive ketones (excluding diaryl/α,β-unsaturated/α-hetero) is 1. The molecule has 0 amide bonds. The molecule has 146 valence electrons. The lowest BCUT2D eigenvalue weighted by molar-refractivity contribution is -0.384. The maximum absolute atomic E-state index is 12.6. The number of hydrogen-bond acceptors (Lipinski definition) is 7. The number of nitrogens with zero attached hydrogens (tertiary/aromatic N) is 4. The Balaban J connectivity index is 1.96. The largest absolute Gasteiger partial charge is 0.366 e. The van der Waals surface area contributed by atoms with Gasteiger partial charge in [0.2, 0.25) is 5.78 Å². The van der Waals surface area contributed by atoms with Crippen molar-refractivity contribution in [2.24, 2.45) is 0 Å². The molecule has 0 unspecified atom stereocenters. The van der Waals surface area contributed by atoms with Crippen molar-refractivity contribution >= 4 is 28.9 Å². The van der Waals surface area contributed by atoms with Gasteiger partial charge in [0, 0.05) is 36.9 Å². The zero-order valence-electron chi connectivity index (χ0n) is 15.3. The maximum atomic E-state index is 12.6. The van der Waals surface area contributed by atoms with Crippen LogP contribution < -0.4 is 4.90 Å². The number of rotatable bonds is 6. The molecule has 1 heterocycles. The highest BCUT2D eigenvalue weighted by Crippen LogP contribution is 2.32. The zero-order chi connectivity index (χ0) is 21.0. The number of ketones is 1. The van der Waals surface area contributed by atoms with E-state index in [9.17, 15) is 30.3 Å². The second-order valence-electron chi connectivity index (χ2n) is 6.51. The maximum Gasteiger partial charge on any atom is 0.293 e. The molecule has 0 aliphatic carbocycles. The first-order valence-electron chi connectivity index (χ1n) is 8.85. The van der Waals surface area contributed by atoms with Crippen molar-refractivity contribution in [3.8, 4) is 6.07 Å². The van der Waals surface area contributed by atoms with Crippen molar-refractivity contribution in [1.29, 1.82) is 5.26 Å².